The Hall–Kier alpha value is -2.98. The summed E-state index contributed by atoms with van der Waals surface area (Å²) in [6.45, 7) is 2.27. The van der Waals surface area contributed by atoms with Gasteiger partial charge in [0, 0.05) is 38.6 Å². The number of benzene rings is 1. The second-order valence-corrected chi connectivity index (χ2v) is 7.16. The lowest BCUT2D eigenvalue weighted by molar-refractivity contribution is -0.140. The molecule has 0 radical (unpaired) electrons. The summed E-state index contributed by atoms with van der Waals surface area (Å²) in [7, 11) is 0. The van der Waals surface area contributed by atoms with Crippen molar-refractivity contribution in [2.45, 2.75) is 30.8 Å². The predicted molar refractivity (Wildman–Crippen MR) is 101 cm³/mol. The molecule has 1 aromatic heterocycles. The highest BCUT2D eigenvalue weighted by molar-refractivity contribution is 5.88. The zero-order chi connectivity index (χ0) is 19.4. The van der Waals surface area contributed by atoms with E-state index in [1.54, 1.807) is 0 Å². The van der Waals surface area contributed by atoms with Crippen LogP contribution in [-0.4, -0.2) is 53.2 Å². The molecule has 2 saturated heterocycles. The number of nitrogens with zero attached hydrogens (tertiary/aromatic N) is 4. The third kappa shape index (κ3) is 3.43. The molecule has 2 fully saturated rings. The molecule has 1 aromatic carbocycles. The SMILES string of the molecule is N#Cc1nccnc1O[C@@H]1CCN(C(=O)C2(c3ccccc3)CCOCC2)C1. The summed E-state index contributed by atoms with van der Waals surface area (Å²) in [6.07, 6.45) is 4.83. The third-order valence-corrected chi connectivity index (χ3v) is 5.56. The predicted octanol–water partition coefficient (Wildman–Crippen LogP) is 2.08. The molecule has 1 amide bonds. The van der Waals surface area contributed by atoms with Gasteiger partial charge in [0.1, 0.15) is 12.2 Å². The highest BCUT2D eigenvalue weighted by Crippen LogP contribution is 2.37. The zero-order valence-corrected chi connectivity index (χ0v) is 15.6. The Balaban J connectivity index is 1.51. The minimum atomic E-state index is -0.543. The van der Waals surface area contributed by atoms with Crippen molar-refractivity contribution in [2.75, 3.05) is 26.3 Å². The standard InChI is InChI=1S/C21H22N4O3/c22-14-18-19(24-10-9-23-18)28-17-6-11-25(15-17)20(26)21(7-12-27-13-8-21)16-4-2-1-3-5-16/h1-5,9-10,17H,6-8,11-13,15H2/t17-/m1/s1. The molecule has 0 spiro atoms. The van der Waals surface area contributed by atoms with E-state index in [4.69, 9.17) is 14.7 Å². The summed E-state index contributed by atoms with van der Waals surface area (Å²) < 4.78 is 11.4. The summed E-state index contributed by atoms with van der Waals surface area (Å²) in [5, 5.41) is 9.15. The number of aromatic nitrogens is 2. The van der Waals surface area contributed by atoms with E-state index in [9.17, 15) is 4.79 Å². The summed E-state index contributed by atoms with van der Waals surface area (Å²) in [5.41, 5.74) is 0.671. The fraction of sp³-hybridized carbons (Fsp3) is 0.429. The summed E-state index contributed by atoms with van der Waals surface area (Å²) in [5.74, 6) is 0.362. The molecule has 0 saturated carbocycles. The van der Waals surface area contributed by atoms with Gasteiger partial charge < -0.3 is 14.4 Å². The minimum absolute atomic E-state index is 0.132. The quantitative estimate of drug-likeness (QED) is 0.809. The Morgan fingerprint density at radius 3 is 2.71 bits per heavy atom. The average molecular weight is 378 g/mol. The molecule has 4 rings (SSSR count). The van der Waals surface area contributed by atoms with E-state index in [1.165, 1.54) is 12.4 Å². The number of hydrogen-bond acceptors (Lipinski definition) is 6. The molecule has 144 valence electrons. The van der Waals surface area contributed by atoms with Crippen LogP contribution in [0.15, 0.2) is 42.7 Å². The van der Waals surface area contributed by atoms with Crippen LogP contribution in [0, 0.1) is 11.3 Å². The van der Waals surface area contributed by atoms with Crippen LogP contribution in [-0.2, 0) is 14.9 Å². The molecule has 7 nitrogen and oxygen atoms in total. The van der Waals surface area contributed by atoms with Gasteiger partial charge in [-0.05, 0) is 18.4 Å². The maximum Gasteiger partial charge on any atom is 0.251 e. The molecule has 1 atom stereocenters. The van der Waals surface area contributed by atoms with Gasteiger partial charge in [-0.15, -0.1) is 0 Å². The lowest BCUT2D eigenvalue weighted by Gasteiger charge is -2.39. The number of rotatable bonds is 4. The molecular formula is C21H22N4O3. The monoisotopic (exact) mass is 378 g/mol. The van der Waals surface area contributed by atoms with E-state index >= 15 is 0 Å². The number of carbonyl (C=O) groups is 1. The molecule has 0 bridgehead atoms. The maximum absolute atomic E-state index is 13.6. The van der Waals surface area contributed by atoms with Crippen molar-refractivity contribution >= 4 is 5.91 Å². The van der Waals surface area contributed by atoms with Crippen LogP contribution in [0.2, 0.25) is 0 Å². The molecule has 2 aliphatic heterocycles. The first-order chi connectivity index (χ1) is 13.7. The Labute approximate surface area is 163 Å². The van der Waals surface area contributed by atoms with Crippen LogP contribution in [0.5, 0.6) is 5.88 Å². The molecule has 28 heavy (non-hydrogen) atoms. The fourth-order valence-electron chi connectivity index (χ4n) is 4.06. The molecule has 3 heterocycles. The van der Waals surface area contributed by atoms with E-state index in [0.717, 1.165) is 5.56 Å². The van der Waals surface area contributed by atoms with Crippen LogP contribution >= 0.6 is 0 Å². The largest absolute Gasteiger partial charge is 0.470 e. The van der Waals surface area contributed by atoms with Crippen molar-refractivity contribution in [3.05, 3.63) is 54.0 Å². The van der Waals surface area contributed by atoms with Gasteiger partial charge in [-0.25, -0.2) is 9.97 Å². The normalized spacial score (nSPS) is 21.1. The smallest absolute Gasteiger partial charge is 0.251 e. The van der Waals surface area contributed by atoms with Crippen molar-refractivity contribution in [3.8, 4) is 11.9 Å². The third-order valence-electron chi connectivity index (χ3n) is 5.56. The number of carbonyl (C=O) groups excluding carboxylic acids is 1. The van der Waals surface area contributed by atoms with Crippen molar-refractivity contribution in [1.82, 2.24) is 14.9 Å². The first-order valence-electron chi connectivity index (χ1n) is 9.53. The molecule has 0 aliphatic carbocycles. The van der Waals surface area contributed by atoms with Gasteiger partial charge in [0.05, 0.1) is 12.0 Å². The average Bonchev–Trinajstić information content (AvgIpc) is 3.23. The lowest BCUT2D eigenvalue weighted by Crippen LogP contribution is -2.49. The molecular weight excluding hydrogens is 356 g/mol. The second-order valence-electron chi connectivity index (χ2n) is 7.16. The molecule has 0 unspecified atom stereocenters. The summed E-state index contributed by atoms with van der Waals surface area (Å²) >= 11 is 0. The highest BCUT2D eigenvalue weighted by Gasteiger charge is 2.45. The maximum atomic E-state index is 13.6. The first kappa shape index (κ1) is 18.4. The number of hydrogen-bond donors (Lipinski definition) is 0. The fourth-order valence-corrected chi connectivity index (χ4v) is 4.06. The number of amides is 1. The van der Waals surface area contributed by atoms with Gasteiger partial charge in [0.15, 0.2) is 0 Å². The second kappa shape index (κ2) is 7.95. The minimum Gasteiger partial charge on any atom is -0.470 e. The van der Waals surface area contributed by atoms with Crippen LogP contribution in [0.4, 0.5) is 0 Å². The van der Waals surface area contributed by atoms with E-state index in [-0.39, 0.29) is 23.6 Å². The Morgan fingerprint density at radius 2 is 1.96 bits per heavy atom. The van der Waals surface area contributed by atoms with Gasteiger partial charge in [0.2, 0.25) is 11.6 Å². The lowest BCUT2D eigenvalue weighted by atomic mass is 9.73. The van der Waals surface area contributed by atoms with E-state index in [0.29, 0.717) is 45.6 Å². The van der Waals surface area contributed by atoms with Gasteiger partial charge in [0.25, 0.3) is 5.88 Å². The Kier molecular flexibility index (Phi) is 5.22. The zero-order valence-electron chi connectivity index (χ0n) is 15.6. The Bertz CT molecular complexity index is 875. The molecule has 2 aromatic rings. The first-order valence-corrected chi connectivity index (χ1v) is 9.53. The van der Waals surface area contributed by atoms with Crippen LogP contribution in [0.3, 0.4) is 0 Å². The van der Waals surface area contributed by atoms with Crippen LogP contribution < -0.4 is 4.74 Å². The number of ether oxygens (including phenoxy) is 2. The van der Waals surface area contributed by atoms with Gasteiger partial charge in [-0.3, -0.25) is 4.79 Å². The molecule has 7 heteroatoms. The van der Waals surface area contributed by atoms with Crippen molar-refractivity contribution in [2.24, 2.45) is 0 Å². The van der Waals surface area contributed by atoms with Crippen molar-refractivity contribution in [1.29, 1.82) is 5.26 Å². The molecule has 2 aliphatic rings. The van der Waals surface area contributed by atoms with E-state index in [1.807, 2.05) is 41.3 Å². The number of likely N-dealkylation sites (tertiary alicyclic amines) is 1. The summed E-state index contributed by atoms with van der Waals surface area (Å²) in [4.78, 5) is 23.5. The van der Waals surface area contributed by atoms with Crippen LogP contribution in [0.25, 0.3) is 0 Å². The van der Waals surface area contributed by atoms with Crippen LogP contribution in [0.1, 0.15) is 30.5 Å². The Morgan fingerprint density at radius 1 is 1.21 bits per heavy atom. The topological polar surface area (TPSA) is 88.3 Å². The number of nitriles is 1. The summed E-state index contributed by atoms with van der Waals surface area (Å²) in [6, 6.07) is 12.0. The van der Waals surface area contributed by atoms with E-state index < -0.39 is 5.41 Å². The highest BCUT2D eigenvalue weighted by atomic mass is 16.5. The van der Waals surface area contributed by atoms with E-state index in [2.05, 4.69) is 9.97 Å². The van der Waals surface area contributed by atoms with Crippen molar-refractivity contribution < 1.29 is 14.3 Å². The molecule has 0 N–H and O–H groups in total. The van der Waals surface area contributed by atoms with Gasteiger partial charge in [-0.1, -0.05) is 30.3 Å². The van der Waals surface area contributed by atoms with Gasteiger partial charge in [-0.2, -0.15) is 5.26 Å². The van der Waals surface area contributed by atoms with Crippen molar-refractivity contribution in [3.63, 3.8) is 0 Å². The van der Waals surface area contributed by atoms with Gasteiger partial charge >= 0.3 is 0 Å².